The van der Waals surface area contributed by atoms with Crippen LogP contribution in [0.25, 0.3) is 0 Å². The maximum atomic E-state index is 12.8. The minimum Gasteiger partial charge on any atom is -0.497 e. The maximum absolute atomic E-state index is 12.8. The van der Waals surface area contributed by atoms with Gasteiger partial charge in [0.2, 0.25) is 5.91 Å². The molecule has 3 fully saturated rings. The number of piperidine rings is 1. The molecule has 0 radical (unpaired) electrons. The van der Waals surface area contributed by atoms with Gasteiger partial charge in [-0.25, -0.2) is 0 Å². The van der Waals surface area contributed by atoms with Crippen LogP contribution < -0.4 is 4.74 Å². The Balaban J connectivity index is 1.23. The summed E-state index contributed by atoms with van der Waals surface area (Å²) in [7, 11) is 3.96. The van der Waals surface area contributed by atoms with Gasteiger partial charge in [0, 0.05) is 51.7 Å². The highest BCUT2D eigenvalue weighted by Gasteiger charge is 2.45. The highest BCUT2D eigenvalue weighted by atomic mass is 16.5. The number of hydrogen-bond acceptors (Lipinski definition) is 5. The van der Waals surface area contributed by atoms with E-state index >= 15 is 0 Å². The van der Waals surface area contributed by atoms with Gasteiger partial charge in [-0.2, -0.15) is 0 Å². The number of amides is 1. The van der Waals surface area contributed by atoms with Gasteiger partial charge >= 0.3 is 0 Å². The van der Waals surface area contributed by atoms with Crippen molar-refractivity contribution < 1.29 is 14.3 Å². The summed E-state index contributed by atoms with van der Waals surface area (Å²) in [5.74, 6) is 1.16. The fraction of sp³-hybridized carbons (Fsp3) is 0.708. The van der Waals surface area contributed by atoms with E-state index in [1.165, 1.54) is 18.5 Å². The predicted octanol–water partition coefficient (Wildman–Crippen LogP) is 2.27. The van der Waals surface area contributed by atoms with Gasteiger partial charge in [0.05, 0.1) is 20.3 Å². The first kappa shape index (κ1) is 21.6. The molecule has 1 unspecified atom stereocenters. The van der Waals surface area contributed by atoms with Crippen LogP contribution in [0, 0.1) is 5.41 Å². The van der Waals surface area contributed by atoms with Crippen molar-refractivity contribution in [1.29, 1.82) is 0 Å². The second kappa shape index (κ2) is 9.67. The van der Waals surface area contributed by atoms with E-state index in [-0.39, 0.29) is 0 Å². The van der Waals surface area contributed by atoms with Crippen molar-refractivity contribution in [3.05, 3.63) is 29.8 Å². The van der Waals surface area contributed by atoms with Gasteiger partial charge in [0.1, 0.15) is 5.75 Å². The van der Waals surface area contributed by atoms with Gasteiger partial charge < -0.3 is 19.3 Å². The van der Waals surface area contributed by atoms with Gasteiger partial charge in [0.15, 0.2) is 0 Å². The van der Waals surface area contributed by atoms with Crippen molar-refractivity contribution >= 4 is 5.91 Å². The summed E-state index contributed by atoms with van der Waals surface area (Å²) in [5.41, 5.74) is 1.60. The molecule has 0 saturated carbocycles. The van der Waals surface area contributed by atoms with Crippen LogP contribution in [0.4, 0.5) is 0 Å². The number of methoxy groups -OCH3 is 1. The zero-order valence-corrected chi connectivity index (χ0v) is 18.6. The van der Waals surface area contributed by atoms with E-state index in [0.717, 1.165) is 70.9 Å². The largest absolute Gasteiger partial charge is 0.497 e. The summed E-state index contributed by atoms with van der Waals surface area (Å²) in [6, 6.07) is 8.68. The Bertz CT molecular complexity index is 694. The van der Waals surface area contributed by atoms with Crippen LogP contribution in [0.5, 0.6) is 5.75 Å². The number of benzene rings is 1. The lowest BCUT2D eigenvalue weighted by atomic mass is 9.76. The smallest absolute Gasteiger partial charge is 0.222 e. The van der Waals surface area contributed by atoms with E-state index in [2.05, 4.69) is 33.9 Å². The van der Waals surface area contributed by atoms with E-state index in [0.29, 0.717) is 23.8 Å². The summed E-state index contributed by atoms with van der Waals surface area (Å²) in [4.78, 5) is 20.0. The molecule has 3 aliphatic rings. The predicted molar refractivity (Wildman–Crippen MR) is 118 cm³/mol. The summed E-state index contributed by atoms with van der Waals surface area (Å²) in [6.07, 6.45) is 4.96. The van der Waals surface area contributed by atoms with Crippen LogP contribution >= 0.6 is 0 Å². The zero-order valence-electron chi connectivity index (χ0n) is 18.6. The highest BCUT2D eigenvalue weighted by Crippen LogP contribution is 2.43. The molecule has 30 heavy (non-hydrogen) atoms. The van der Waals surface area contributed by atoms with Crippen LogP contribution in [0.3, 0.4) is 0 Å². The standard InChI is InChI=1S/C24H37N3O3/c1-25-19-24(17-21(25)18-26-13-15-30-16-14-26)9-11-27(12-10-24)23(28)8-5-20-3-6-22(29-2)7-4-20/h3-4,6-7,21H,5,8-19H2,1-2H3. The quantitative estimate of drug-likeness (QED) is 0.713. The Labute approximate surface area is 181 Å². The van der Waals surface area contributed by atoms with E-state index in [4.69, 9.17) is 9.47 Å². The molecule has 6 nitrogen and oxygen atoms in total. The molecule has 3 heterocycles. The molecule has 0 aromatic heterocycles. The average Bonchev–Trinajstić information content (AvgIpc) is 3.07. The third-order valence-corrected chi connectivity index (χ3v) is 7.41. The van der Waals surface area contributed by atoms with Crippen molar-refractivity contribution in [2.45, 2.75) is 38.1 Å². The third kappa shape index (κ3) is 5.16. The molecule has 1 aromatic rings. The number of ether oxygens (including phenoxy) is 2. The molecule has 0 bridgehead atoms. The molecular weight excluding hydrogens is 378 g/mol. The van der Waals surface area contributed by atoms with E-state index < -0.39 is 0 Å². The SMILES string of the molecule is COc1ccc(CCC(=O)N2CCC3(CC2)CC(CN2CCOCC2)N(C)C3)cc1. The van der Waals surface area contributed by atoms with Crippen LogP contribution in [0.2, 0.25) is 0 Å². The van der Waals surface area contributed by atoms with Gasteiger partial charge in [0.25, 0.3) is 0 Å². The monoisotopic (exact) mass is 415 g/mol. The lowest BCUT2D eigenvalue weighted by Crippen LogP contribution is -2.44. The molecule has 1 spiro atoms. The third-order valence-electron chi connectivity index (χ3n) is 7.41. The second-order valence-electron chi connectivity index (χ2n) is 9.41. The molecule has 0 aliphatic carbocycles. The Morgan fingerprint density at radius 3 is 2.50 bits per heavy atom. The molecule has 166 valence electrons. The first-order chi connectivity index (χ1) is 14.6. The van der Waals surface area contributed by atoms with Crippen molar-refractivity contribution in [2.24, 2.45) is 5.41 Å². The number of hydrogen-bond donors (Lipinski definition) is 0. The van der Waals surface area contributed by atoms with E-state index in [1.54, 1.807) is 7.11 Å². The highest BCUT2D eigenvalue weighted by molar-refractivity contribution is 5.76. The number of carbonyl (C=O) groups is 1. The molecule has 1 aromatic carbocycles. The van der Waals surface area contributed by atoms with Gasteiger partial charge in [-0.1, -0.05) is 12.1 Å². The molecule has 1 amide bonds. The van der Waals surface area contributed by atoms with E-state index in [1.807, 2.05) is 12.1 Å². The fourth-order valence-corrected chi connectivity index (χ4v) is 5.46. The summed E-state index contributed by atoms with van der Waals surface area (Å²) in [5, 5.41) is 0. The normalized spacial score (nSPS) is 25.0. The van der Waals surface area contributed by atoms with Crippen molar-refractivity contribution in [1.82, 2.24) is 14.7 Å². The number of morpholine rings is 1. The number of aryl methyl sites for hydroxylation is 1. The number of likely N-dealkylation sites (tertiary alicyclic amines) is 2. The average molecular weight is 416 g/mol. The zero-order chi connectivity index (χ0) is 21.0. The van der Waals surface area contributed by atoms with Crippen molar-refractivity contribution in [3.8, 4) is 5.75 Å². The van der Waals surface area contributed by atoms with Crippen LogP contribution in [0.15, 0.2) is 24.3 Å². The Hall–Kier alpha value is -1.63. The summed E-state index contributed by atoms with van der Waals surface area (Å²) < 4.78 is 10.7. The number of nitrogens with zero attached hydrogens (tertiary/aromatic N) is 3. The van der Waals surface area contributed by atoms with Crippen LogP contribution in [-0.4, -0.2) is 93.3 Å². The topological polar surface area (TPSA) is 45.3 Å². The maximum Gasteiger partial charge on any atom is 0.222 e. The molecule has 6 heteroatoms. The number of carbonyl (C=O) groups excluding carboxylic acids is 1. The van der Waals surface area contributed by atoms with Gasteiger partial charge in [-0.05, 0) is 55.8 Å². The summed E-state index contributed by atoms with van der Waals surface area (Å²) in [6.45, 7) is 8.03. The lowest BCUT2D eigenvalue weighted by molar-refractivity contribution is -0.133. The van der Waals surface area contributed by atoms with E-state index in [9.17, 15) is 4.79 Å². The summed E-state index contributed by atoms with van der Waals surface area (Å²) >= 11 is 0. The minimum atomic E-state index is 0.303. The van der Waals surface area contributed by atoms with Crippen molar-refractivity contribution in [2.75, 3.05) is 66.6 Å². The number of likely N-dealkylation sites (N-methyl/N-ethyl adjacent to an activating group) is 1. The first-order valence-electron chi connectivity index (χ1n) is 11.5. The Kier molecular flexibility index (Phi) is 6.96. The Morgan fingerprint density at radius 2 is 1.83 bits per heavy atom. The Morgan fingerprint density at radius 1 is 1.13 bits per heavy atom. The van der Waals surface area contributed by atoms with Crippen LogP contribution in [0.1, 0.15) is 31.2 Å². The molecule has 1 atom stereocenters. The fourth-order valence-electron chi connectivity index (χ4n) is 5.46. The molecule has 3 aliphatic heterocycles. The van der Waals surface area contributed by atoms with Crippen molar-refractivity contribution in [3.63, 3.8) is 0 Å². The molecule has 3 saturated heterocycles. The van der Waals surface area contributed by atoms with Gasteiger partial charge in [-0.15, -0.1) is 0 Å². The number of rotatable bonds is 6. The molecular formula is C24H37N3O3. The lowest BCUT2D eigenvalue weighted by Gasteiger charge is -2.39. The first-order valence-corrected chi connectivity index (χ1v) is 11.5. The molecule has 4 rings (SSSR count). The molecule has 0 N–H and O–H groups in total. The van der Waals surface area contributed by atoms with Gasteiger partial charge in [-0.3, -0.25) is 9.69 Å². The van der Waals surface area contributed by atoms with Crippen LogP contribution in [-0.2, 0) is 16.0 Å². The minimum absolute atomic E-state index is 0.303. The second-order valence-corrected chi connectivity index (χ2v) is 9.41.